The van der Waals surface area contributed by atoms with Gasteiger partial charge in [-0.3, -0.25) is 9.69 Å². The van der Waals surface area contributed by atoms with Gasteiger partial charge in [0.25, 0.3) is 0 Å². The van der Waals surface area contributed by atoms with Crippen molar-refractivity contribution in [2.45, 2.75) is 44.6 Å². The molecule has 4 nitrogen and oxygen atoms in total. The normalized spacial score (nSPS) is 16.6. The average Bonchev–Trinajstić information content (AvgIpc) is 3.32. The molecular weight excluding hydrogens is 331 g/mol. The Morgan fingerprint density at radius 2 is 1.92 bits per heavy atom. The molecule has 1 amide bonds. The molecule has 0 radical (unpaired) electrons. The SMILES string of the molecule is CC(C)(CNC(=O)C(Cc1ccco1)c1ccc(F)cc1)N1CCCC1. The Morgan fingerprint density at radius 3 is 2.54 bits per heavy atom. The number of benzene rings is 1. The van der Waals surface area contributed by atoms with Crippen molar-refractivity contribution in [2.75, 3.05) is 19.6 Å². The Labute approximate surface area is 154 Å². The van der Waals surface area contributed by atoms with Gasteiger partial charge in [0.1, 0.15) is 11.6 Å². The summed E-state index contributed by atoms with van der Waals surface area (Å²) >= 11 is 0. The first kappa shape index (κ1) is 18.6. The molecule has 5 heteroatoms. The number of hydrogen-bond acceptors (Lipinski definition) is 3. The van der Waals surface area contributed by atoms with Gasteiger partial charge in [-0.15, -0.1) is 0 Å². The summed E-state index contributed by atoms with van der Waals surface area (Å²) in [5, 5.41) is 3.11. The summed E-state index contributed by atoms with van der Waals surface area (Å²) in [6, 6.07) is 9.81. The van der Waals surface area contributed by atoms with Crippen molar-refractivity contribution < 1.29 is 13.6 Å². The second-order valence-electron chi connectivity index (χ2n) is 7.61. The maximum absolute atomic E-state index is 13.3. The standard InChI is InChI=1S/C21H27FN2O2/c1-21(2,24-11-3-4-12-24)15-23-20(25)19(14-18-6-5-13-26-18)16-7-9-17(22)10-8-16/h5-10,13,19H,3-4,11-12,14-15H2,1-2H3,(H,23,25). The van der Waals surface area contributed by atoms with E-state index in [1.807, 2.05) is 12.1 Å². The molecule has 26 heavy (non-hydrogen) atoms. The molecule has 0 saturated carbocycles. The van der Waals surface area contributed by atoms with E-state index in [2.05, 4.69) is 24.1 Å². The highest BCUT2D eigenvalue weighted by atomic mass is 19.1. The number of halogens is 1. The van der Waals surface area contributed by atoms with Gasteiger partial charge in [-0.05, 0) is 69.6 Å². The Balaban J connectivity index is 1.70. The van der Waals surface area contributed by atoms with Crippen molar-refractivity contribution >= 4 is 5.91 Å². The number of hydrogen-bond donors (Lipinski definition) is 1. The molecule has 1 N–H and O–H groups in total. The first-order chi connectivity index (χ1) is 12.5. The zero-order chi connectivity index (χ0) is 18.6. The van der Waals surface area contributed by atoms with E-state index in [0.717, 1.165) is 24.4 Å². The summed E-state index contributed by atoms with van der Waals surface area (Å²) in [6.07, 6.45) is 4.49. The Morgan fingerprint density at radius 1 is 1.23 bits per heavy atom. The van der Waals surface area contributed by atoms with Gasteiger partial charge in [0.05, 0.1) is 12.2 Å². The van der Waals surface area contributed by atoms with E-state index < -0.39 is 5.92 Å². The molecule has 0 aliphatic carbocycles. The number of furan rings is 1. The fourth-order valence-electron chi connectivity index (χ4n) is 3.55. The van der Waals surface area contributed by atoms with Gasteiger partial charge in [0.15, 0.2) is 0 Å². The summed E-state index contributed by atoms with van der Waals surface area (Å²) < 4.78 is 18.7. The second-order valence-corrected chi connectivity index (χ2v) is 7.61. The molecule has 0 spiro atoms. The van der Waals surface area contributed by atoms with Crippen LogP contribution in [0.15, 0.2) is 47.1 Å². The van der Waals surface area contributed by atoms with E-state index in [4.69, 9.17) is 4.42 Å². The number of carbonyl (C=O) groups is 1. The first-order valence-electron chi connectivity index (χ1n) is 9.26. The fraction of sp³-hybridized carbons (Fsp3) is 0.476. The first-order valence-corrected chi connectivity index (χ1v) is 9.26. The molecule has 140 valence electrons. The van der Waals surface area contributed by atoms with E-state index in [-0.39, 0.29) is 17.3 Å². The van der Waals surface area contributed by atoms with Crippen LogP contribution >= 0.6 is 0 Å². The minimum atomic E-state index is -0.406. The Hall–Kier alpha value is -2.14. The number of amides is 1. The van der Waals surface area contributed by atoms with Crippen molar-refractivity contribution in [3.05, 3.63) is 59.8 Å². The average molecular weight is 358 g/mol. The molecule has 1 fully saturated rings. The van der Waals surface area contributed by atoms with E-state index in [9.17, 15) is 9.18 Å². The van der Waals surface area contributed by atoms with E-state index in [1.165, 1.54) is 25.0 Å². The molecule has 2 heterocycles. The molecule has 1 aliphatic rings. The lowest BCUT2D eigenvalue weighted by molar-refractivity contribution is -0.123. The lowest BCUT2D eigenvalue weighted by Gasteiger charge is -2.36. The van der Waals surface area contributed by atoms with Gasteiger partial charge in [-0.25, -0.2) is 4.39 Å². The summed E-state index contributed by atoms with van der Waals surface area (Å²) in [4.78, 5) is 15.4. The monoisotopic (exact) mass is 358 g/mol. The van der Waals surface area contributed by atoms with Crippen LogP contribution in [-0.4, -0.2) is 36.0 Å². The molecule has 2 aromatic rings. The van der Waals surface area contributed by atoms with Crippen LogP contribution in [0.1, 0.15) is 43.9 Å². The van der Waals surface area contributed by atoms with Crippen LogP contribution in [0.25, 0.3) is 0 Å². The quantitative estimate of drug-likeness (QED) is 0.820. The zero-order valence-corrected chi connectivity index (χ0v) is 15.5. The predicted molar refractivity (Wildman–Crippen MR) is 99.4 cm³/mol. The molecule has 1 unspecified atom stereocenters. The van der Waals surface area contributed by atoms with Crippen LogP contribution in [0, 0.1) is 5.82 Å². The molecule has 1 aliphatic heterocycles. The van der Waals surface area contributed by atoms with E-state index in [0.29, 0.717) is 13.0 Å². The third kappa shape index (κ3) is 4.52. The largest absolute Gasteiger partial charge is 0.469 e. The van der Waals surface area contributed by atoms with Gasteiger partial charge in [0.2, 0.25) is 5.91 Å². The second kappa shape index (κ2) is 8.04. The highest BCUT2D eigenvalue weighted by Crippen LogP contribution is 2.24. The molecule has 3 rings (SSSR count). The highest BCUT2D eigenvalue weighted by molar-refractivity contribution is 5.84. The van der Waals surface area contributed by atoms with Crippen LogP contribution in [0.4, 0.5) is 4.39 Å². The predicted octanol–water partition coefficient (Wildman–Crippen LogP) is 3.74. The van der Waals surface area contributed by atoms with E-state index >= 15 is 0 Å². The number of rotatable bonds is 7. The minimum Gasteiger partial charge on any atom is -0.469 e. The minimum absolute atomic E-state index is 0.0553. The summed E-state index contributed by atoms with van der Waals surface area (Å²) in [5.41, 5.74) is 0.712. The van der Waals surface area contributed by atoms with Crippen molar-refractivity contribution in [1.29, 1.82) is 0 Å². The topological polar surface area (TPSA) is 45.5 Å². The molecule has 1 saturated heterocycles. The number of carbonyl (C=O) groups excluding carboxylic acids is 1. The summed E-state index contributed by atoms with van der Waals surface area (Å²) in [6.45, 7) is 7.07. The van der Waals surface area contributed by atoms with Crippen LogP contribution < -0.4 is 5.32 Å². The third-order valence-electron chi connectivity index (χ3n) is 5.23. The van der Waals surface area contributed by atoms with Crippen molar-refractivity contribution in [1.82, 2.24) is 10.2 Å². The lowest BCUT2D eigenvalue weighted by Crippen LogP contribution is -2.51. The Kier molecular flexibility index (Phi) is 5.77. The van der Waals surface area contributed by atoms with Crippen molar-refractivity contribution in [3.8, 4) is 0 Å². The van der Waals surface area contributed by atoms with Crippen LogP contribution in [-0.2, 0) is 11.2 Å². The van der Waals surface area contributed by atoms with Gasteiger partial charge in [-0.2, -0.15) is 0 Å². The maximum atomic E-state index is 13.3. The highest BCUT2D eigenvalue weighted by Gasteiger charge is 2.31. The van der Waals surface area contributed by atoms with E-state index in [1.54, 1.807) is 18.4 Å². The molecule has 1 aromatic heterocycles. The molecule has 1 aromatic carbocycles. The molecular formula is C21H27FN2O2. The fourth-order valence-corrected chi connectivity index (χ4v) is 3.55. The Bertz CT molecular complexity index is 704. The van der Waals surface area contributed by atoms with Crippen molar-refractivity contribution in [3.63, 3.8) is 0 Å². The van der Waals surface area contributed by atoms with Gasteiger partial charge in [0, 0.05) is 18.5 Å². The van der Waals surface area contributed by atoms with Crippen molar-refractivity contribution in [2.24, 2.45) is 0 Å². The van der Waals surface area contributed by atoms with Gasteiger partial charge in [-0.1, -0.05) is 12.1 Å². The molecule has 1 atom stereocenters. The number of nitrogens with one attached hydrogen (secondary N) is 1. The van der Waals surface area contributed by atoms with Gasteiger partial charge < -0.3 is 9.73 Å². The smallest absolute Gasteiger partial charge is 0.228 e. The number of nitrogens with zero attached hydrogens (tertiary/aromatic N) is 1. The summed E-state index contributed by atoms with van der Waals surface area (Å²) in [5.74, 6) is -0.0224. The lowest BCUT2D eigenvalue weighted by atomic mass is 9.93. The maximum Gasteiger partial charge on any atom is 0.228 e. The van der Waals surface area contributed by atoms with Crippen LogP contribution in [0.3, 0.4) is 0 Å². The van der Waals surface area contributed by atoms with Crippen LogP contribution in [0.5, 0.6) is 0 Å². The van der Waals surface area contributed by atoms with Gasteiger partial charge >= 0.3 is 0 Å². The molecule has 0 bridgehead atoms. The van der Waals surface area contributed by atoms with Crippen LogP contribution in [0.2, 0.25) is 0 Å². The number of likely N-dealkylation sites (tertiary alicyclic amines) is 1. The summed E-state index contributed by atoms with van der Waals surface area (Å²) in [7, 11) is 0. The zero-order valence-electron chi connectivity index (χ0n) is 15.5. The third-order valence-corrected chi connectivity index (χ3v) is 5.23.